The number of halogens is 8. The maximum Gasteiger partial charge on any atom is 0.422 e. The first kappa shape index (κ1) is 19.8. The highest BCUT2D eigenvalue weighted by molar-refractivity contribution is 6.39. The molecule has 0 aliphatic heterocycles. The number of rotatable bonds is 5. The highest BCUT2D eigenvalue weighted by Gasteiger charge is 2.33. The van der Waals surface area contributed by atoms with Crippen molar-refractivity contribution in [1.82, 2.24) is 4.98 Å². The summed E-state index contributed by atoms with van der Waals surface area (Å²) in [6.45, 7) is -3.46. The van der Waals surface area contributed by atoms with Gasteiger partial charge in [-0.2, -0.15) is 31.3 Å². The largest absolute Gasteiger partial charge is 0.481 e. The molecule has 0 fully saturated rings. The molecule has 0 radical (unpaired) electrons. The van der Waals surface area contributed by atoms with Crippen molar-refractivity contribution in [1.29, 1.82) is 0 Å². The summed E-state index contributed by atoms with van der Waals surface area (Å²) in [6.07, 6.45) is -9.38. The molecule has 0 atom stereocenters. The van der Waals surface area contributed by atoms with Crippen LogP contribution in [0.2, 0.25) is 10.0 Å². The minimum Gasteiger partial charge on any atom is -0.481 e. The molecule has 4 nitrogen and oxygen atoms in total. The van der Waals surface area contributed by atoms with E-state index in [2.05, 4.69) is 14.5 Å². The third kappa shape index (κ3) is 6.02. The summed E-state index contributed by atoms with van der Waals surface area (Å²) in [6, 6.07) is 0. The summed E-state index contributed by atoms with van der Waals surface area (Å²) in [4.78, 5) is 4.91. The molecule has 132 valence electrons. The maximum atomic E-state index is 12.3. The maximum absolute atomic E-state index is 12.3. The van der Waals surface area contributed by atoms with Crippen LogP contribution in [0.3, 0.4) is 0 Å². The van der Waals surface area contributed by atoms with Gasteiger partial charge in [0.1, 0.15) is 10.0 Å². The summed E-state index contributed by atoms with van der Waals surface area (Å²) in [5.41, 5.74) is 0. The lowest BCUT2D eigenvalue weighted by molar-refractivity contribution is -0.154. The topological polar surface area (TPSA) is 34.6 Å². The average molecular weight is 387 g/mol. The normalized spacial score (nSPS) is 12.3. The van der Waals surface area contributed by atoms with Crippen molar-refractivity contribution in [3.8, 4) is 11.6 Å². The SMILES string of the molecule is CN(C)c1nc(OCC(F)(F)F)c(Cl)c(OCC(F)(F)F)c1Cl. The van der Waals surface area contributed by atoms with E-state index in [0.717, 1.165) is 0 Å². The van der Waals surface area contributed by atoms with E-state index in [4.69, 9.17) is 23.2 Å². The van der Waals surface area contributed by atoms with Gasteiger partial charge in [0.15, 0.2) is 24.8 Å². The van der Waals surface area contributed by atoms with Gasteiger partial charge in [0.25, 0.3) is 0 Å². The van der Waals surface area contributed by atoms with E-state index in [1.165, 1.54) is 19.0 Å². The molecule has 0 saturated carbocycles. The van der Waals surface area contributed by atoms with E-state index < -0.39 is 42.2 Å². The summed E-state index contributed by atoms with van der Waals surface area (Å²) in [7, 11) is 2.84. The second-order valence-electron chi connectivity index (χ2n) is 4.40. The summed E-state index contributed by atoms with van der Waals surface area (Å²) in [5.74, 6) is -1.57. The minimum absolute atomic E-state index is 0.162. The van der Waals surface area contributed by atoms with Gasteiger partial charge in [0.05, 0.1) is 0 Å². The quantitative estimate of drug-likeness (QED) is 0.705. The standard InChI is InChI=1S/C11H10Cl2F6N2O2/c1-21(2)8-5(12)7(22-3-10(14,15)16)6(13)9(20-8)23-4-11(17,18)19/h3-4H2,1-2H3. The van der Waals surface area contributed by atoms with E-state index in [1.807, 2.05) is 0 Å². The molecular weight excluding hydrogens is 377 g/mol. The van der Waals surface area contributed by atoms with Crippen molar-refractivity contribution < 1.29 is 35.8 Å². The van der Waals surface area contributed by atoms with Gasteiger partial charge < -0.3 is 14.4 Å². The zero-order valence-corrected chi connectivity index (χ0v) is 13.2. The van der Waals surface area contributed by atoms with E-state index >= 15 is 0 Å². The highest BCUT2D eigenvalue weighted by atomic mass is 35.5. The molecule has 0 aliphatic rings. The first-order valence-electron chi connectivity index (χ1n) is 5.77. The number of aromatic nitrogens is 1. The fourth-order valence-corrected chi connectivity index (χ4v) is 1.97. The Labute approximate surface area is 136 Å². The Morgan fingerprint density at radius 1 is 0.913 bits per heavy atom. The molecule has 0 saturated heterocycles. The van der Waals surface area contributed by atoms with Crippen LogP contribution >= 0.6 is 23.2 Å². The number of pyridine rings is 1. The van der Waals surface area contributed by atoms with E-state index in [9.17, 15) is 26.3 Å². The Kier molecular flexibility index (Phi) is 6.08. The number of ether oxygens (including phenoxy) is 2. The van der Waals surface area contributed by atoms with E-state index in [0.29, 0.717) is 0 Å². The first-order chi connectivity index (χ1) is 10.3. The molecule has 0 spiro atoms. The molecule has 1 aromatic heterocycles. The molecule has 1 rings (SSSR count). The van der Waals surface area contributed by atoms with Gasteiger partial charge in [0.2, 0.25) is 5.88 Å². The number of hydrogen-bond donors (Lipinski definition) is 0. The predicted octanol–water partition coefficient (Wildman–Crippen LogP) is 4.34. The number of anilines is 1. The van der Waals surface area contributed by atoms with Crippen molar-refractivity contribution in [2.75, 3.05) is 32.2 Å². The molecule has 23 heavy (non-hydrogen) atoms. The van der Waals surface area contributed by atoms with E-state index in [1.54, 1.807) is 0 Å². The monoisotopic (exact) mass is 386 g/mol. The Balaban J connectivity index is 3.23. The fraction of sp³-hybridized carbons (Fsp3) is 0.545. The minimum atomic E-state index is -4.69. The summed E-state index contributed by atoms with van der Waals surface area (Å²) >= 11 is 11.5. The van der Waals surface area contributed by atoms with Gasteiger partial charge in [-0.1, -0.05) is 23.2 Å². The third-order valence-electron chi connectivity index (χ3n) is 2.17. The zero-order valence-electron chi connectivity index (χ0n) is 11.6. The van der Waals surface area contributed by atoms with Gasteiger partial charge >= 0.3 is 12.4 Å². The number of hydrogen-bond acceptors (Lipinski definition) is 4. The van der Waals surface area contributed by atoms with Gasteiger partial charge in [-0.15, -0.1) is 0 Å². The molecule has 0 N–H and O–H groups in total. The van der Waals surface area contributed by atoms with Crippen molar-refractivity contribution in [2.45, 2.75) is 12.4 Å². The molecule has 0 aliphatic carbocycles. The van der Waals surface area contributed by atoms with E-state index in [-0.39, 0.29) is 10.8 Å². The van der Waals surface area contributed by atoms with Gasteiger partial charge in [-0.05, 0) is 0 Å². The van der Waals surface area contributed by atoms with Crippen LogP contribution in [-0.2, 0) is 0 Å². The van der Waals surface area contributed by atoms with Crippen LogP contribution in [0, 0.1) is 0 Å². The average Bonchev–Trinajstić information content (AvgIpc) is 2.34. The number of nitrogens with zero attached hydrogens (tertiary/aromatic N) is 2. The predicted molar refractivity (Wildman–Crippen MR) is 71.7 cm³/mol. The fourth-order valence-electron chi connectivity index (χ4n) is 1.31. The molecule has 0 unspecified atom stereocenters. The molecule has 0 aromatic carbocycles. The smallest absolute Gasteiger partial charge is 0.422 e. The van der Waals surface area contributed by atoms with Crippen molar-refractivity contribution in [3.63, 3.8) is 0 Å². The molecule has 12 heteroatoms. The van der Waals surface area contributed by atoms with Gasteiger partial charge in [-0.25, -0.2) is 0 Å². The van der Waals surface area contributed by atoms with Crippen LogP contribution in [0.5, 0.6) is 11.6 Å². The van der Waals surface area contributed by atoms with Crippen molar-refractivity contribution in [2.24, 2.45) is 0 Å². The summed E-state index contributed by atoms with van der Waals surface area (Å²) in [5, 5.41) is -1.07. The van der Waals surface area contributed by atoms with Crippen LogP contribution in [0.15, 0.2) is 0 Å². The second-order valence-corrected chi connectivity index (χ2v) is 5.16. The Bertz CT molecular complexity index is 563. The molecule has 1 heterocycles. The van der Waals surface area contributed by atoms with Crippen LogP contribution in [0.4, 0.5) is 32.2 Å². The third-order valence-corrected chi connectivity index (χ3v) is 2.84. The first-order valence-corrected chi connectivity index (χ1v) is 6.53. The Hall–Kier alpha value is -1.29. The van der Waals surface area contributed by atoms with Crippen molar-refractivity contribution in [3.05, 3.63) is 10.0 Å². The molecule has 0 bridgehead atoms. The molecule has 1 aromatic rings. The lowest BCUT2D eigenvalue weighted by atomic mass is 10.4. The van der Waals surface area contributed by atoms with Crippen LogP contribution in [0.1, 0.15) is 0 Å². The van der Waals surface area contributed by atoms with Gasteiger partial charge in [-0.3, -0.25) is 0 Å². The highest BCUT2D eigenvalue weighted by Crippen LogP contribution is 2.44. The Morgan fingerprint density at radius 2 is 1.39 bits per heavy atom. The van der Waals surface area contributed by atoms with Crippen molar-refractivity contribution >= 4 is 29.0 Å². The molecule has 0 amide bonds. The molecular formula is C11H10Cl2F6N2O2. The lowest BCUT2D eigenvalue weighted by Gasteiger charge is -2.20. The lowest BCUT2D eigenvalue weighted by Crippen LogP contribution is -2.22. The van der Waals surface area contributed by atoms with Gasteiger partial charge in [0, 0.05) is 14.1 Å². The van der Waals surface area contributed by atoms with Crippen LogP contribution in [-0.4, -0.2) is 44.6 Å². The van der Waals surface area contributed by atoms with Crippen LogP contribution in [0.25, 0.3) is 0 Å². The second kappa shape index (κ2) is 7.08. The van der Waals surface area contributed by atoms with Crippen LogP contribution < -0.4 is 14.4 Å². The summed E-state index contributed by atoms with van der Waals surface area (Å²) < 4.78 is 82.2. The Morgan fingerprint density at radius 3 is 1.83 bits per heavy atom. The zero-order chi connectivity index (χ0) is 18.0. The number of alkyl halides is 6.